The van der Waals surface area contributed by atoms with E-state index in [1.807, 2.05) is 32.9 Å². The molecule has 1 heterocycles. The summed E-state index contributed by atoms with van der Waals surface area (Å²) in [5.41, 5.74) is 2.71. The first kappa shape index (κ1) is 23.0. The Hall–Kier alpha value is -3.67. The Labute approximate surface area is 189 Å². The van der Waals surface area contributed by atoms with Gasteiger partial charge in [-0.15, -0.1) is 0 Å². The van der Waals surface area contributed by atoms with E-state index in [1.165, 1.54) is 11.8 Å². The van der Waals surface area contributed by atoms with E-state index in [9.17, 15) is 9.59 Å². The molecule has 2 N–H and O–H groups in total. The minimum absolute atomic E-state index is 0.00253. The minimum Gasteiger partial charge on any atom is -0.491 e. The largest absolute Gasteiger partial charge is 0.491 e. The van der Waals surface area contributed by atoms with Gasteiger partial charge >= 0.3 is 0 Å². The van der Waals surface area contributed by atoms with Gasteiger partial charge in [-0.3, -0.25) is 14.6 Å². The molecule has 0 aliphatic rings. The third-order valence-corrected chi connectivity index (χ3v) is 4.85. The van der Waals surface area contributed by atoms with Crippen molar-refractivity contribution in [2.45, 2.75) is 45.8 Å². The normalized spacial score (nSPS) is 11.6. The van der Waals surface area contributed by atoms with Gasteiger partial charge in [0.05, 0.1) is 11.7 Å². The van der Waals surface area contributed by atoms with E-state index in [4.69, 9.17) is 4.74 Å². The fourth-order valence-electron chi connectivity index (χ4n) is 3.21. The molecule has 0 spiro atoms. The second kappa shape index (κ2) is 11.1. The minimum atomic E-state index is -0.270. The average Bonchev–Trinajstić information content (AvgIpc) is 2.79. The van der Waals surface area contributed by atoms with Crippen LogP contribution in [0.15, 0.2) is 73.1 Å². The lowest BCUT2D eigenvalue weighted by Crippen LogP contribution is -2.32. The number of hydrogen-bond acceptors (Lipinski definition) is 4. The number of pyridine rings is 1. The number of carbonyl (C=O) groups is 2. The van der Waals surface area contributed by atoms with Crippen LogP contribution in [0.5, 0.6) is 5.75 Å². The first-order valence-corrected chi connectivity index (χ1v) is 10.8. The molecule has 3 aromatic rings. The quantitative estimate of drug-likeness (QED) is 0.506. The Morgan fingerprint density at radius 2 is 1.69 bits per heavy atom. The zero-order chi connectivity index (χ0) is 22.9. The van der Waals surface area contributed by atoms with Gasteiger partial charge in [0.1, 0.15) is 5.75 Å². The van der Waals surface area contributed by atoms with E-state index >= 15 is 0 Å². The van der Waals surface area contributed by atoms with Crippen LogP contribution in [-0.2, 0) is 6.42 Å². The summed E-state index contributed by atoms with van der Waals surface area (Å²) in [4.78, 5) is 28.9. The molecule has 2 aromatic carbocycles. The molecule has 0 bridgehead atoms. The predicted octanol–water partition coefficient (Wildman–Crippen LogP) is 4.87. The molecule has 0 aliphatic carbocycles. The molecule has 6 heteroatoms. The van der Waals surface area contributed by atoms with E-state index in [0.29, 0.717) is 16.8 Å². The van der Waals surface area contributed by atoms with Crippen molar-refractivity contribution < 1.29 is 14.3 Å². The first-order chi connectivity index (χ1) is 15.4. The molecule has 0 saturated heterocycles. The third kappa shape index (κ3) is 6.94. The second-order valence-electron chi connectivity index (χ2n) is 8.00. The van der Waals surface area contributed by atoms with Crippen LogP contribution in [0.2, 0.25) is 0 Å². The fourth-order valence-corrected chi connectivity index (χ4v) is 3.21. The van der Waals surface area contributed by atoms with Gasteiger partial charge in [0.15, 0.2) is 0 Å². The van der Waals surface area contributed by atoms with Gasteiger partial charge in [-0.25, -0.2) is 0 Å². The van der Waals surface area contributed by atoms with Crippen molar-refractivity contribution in [3.8, 4) is 5.75 Å². The number of aryl methyl sites for hydroxylation is 1. The number of carbonyl (C=O) groups excluding carboxylic acids is 2. The maximum Gasteiger partial charge on any atom is 0.257 e. The molecule has 3 rings (SSSR count). The standard InChI is InChI=1S/C26H29N3O3/c1-18(2)32-24-13-11-20(12-14-24)10-9-19(3)28-25(30)21-6-4-8-23(16-21)29-26(31)22-7-5-15-27-17-22/h4-8,11-19H,9-10H2,1-3H3,(H,28,30)(H,29,31). The first-order valence-electron chi connectivity index (χ1n) is 10.8. The zero-order valence-corrected chi connectivity index (χ0v) is 18.7. The SMILES string of the molecule is CC(CCc1ccc(OC(C)C)cc1)NC(=O)c1cccc(NC(=O)c2cccnc2)c1. The Morgan fingerprint density at radius 3 is 2.38 bits per heavy atom. The average molecular weight is 432 g/mol. The van der Waals surface area contributed by atoms with Crippen molar-refractivity contribution in [1.82, 2.24) is 10.3 Å². The Morgan fingerprint density at radius 1 is 0.938 bits per heavy atom. The summed E-state index contributed by atoms with van der Waals surface area (Å²) < 4.78 is 5.67. The predicted molar refractivity (Wildman–Crippen MR) is 126 cm³/mol. The summed E-state index contributed by atoms with van der Waals surface area (Å²) in [5, 5.41) is 5.83. The van der Waals surface area contributed by atoms with Crippen molar-refractivity contribution in [3.63, 3.8) is 0 Å². The van der Waals surface area contributed by atoms with Gasteiger partial charge in [0.25, 0.3) is 11.8 Å². The van der Waals surface area contributed by atoms with Gasteiger partial charge in [-0.05, 0) is 81.6 Å². The fraction of sp³-hybridized carbons (Fsp3) is 0.269. The highest BCUT2D eigenvalue weighted by molar-refractivity contribution is 6.04. The van der Waals surface area contributed by atoms with Crippen LogP contribution >= 0.6 is 0 Å². The van der Waals surface area contributed by atoms with E-state index in [1.54, 1.807) is 42.6 Å². The number of hydrogen-bond donors (Lipinski definition) is 2. The topological polar surface area (TPSA) is 80.3 Å². The van der Waals surface area contributed by atoms with Crippen molar-refractivity contribution in [3.05, 3.63) is 89.7 Å². The van der Waals surface area contributed by atoms with Crippen LogP contribution in [0, 0.1) is 0 Å². The van der Waals surface area contributed by atoms with E-state index < -0.39 is 0 Å². The molecule has 0 radical (unpaired) electrons. The molecule has 166 valence electrons. The lowest BCUT2D eigenvalue weighted by atomic mass is 10.1. The number of ether oxygens (including phenoxy) is 1. The van der Waals surface area contributed by atoms with Crippen molar-refractivity contribution >= 4 is 17.5 Å². The second-order valence-corrected chi connectivity index (χ2v) is 8.00. The van der Waals surface area contributed by atoms with Gasteiger partial charge in [0, 0.05) is 29.7 Å². The molecular weight excluding hydrogens is 402 g/mol. The van der Waals surface area contributed by atoms with Crippen LogP contribution in [-0.4, -0.2) is 28.9 Å². The zero-order valence-electron chi connectivity index (χ0n) is 18.7. The molecule has 0 aliphatic heterocycles. The summed E-state index contributed by atoms with van der Waals surface area (Å²) in [7, 11) is 0. The smallest absolute Gasteiger partial charge is 0.257 e. The number of amides is 2. The Balaban J connectivity index is 1.51. The number of rotatable bonds is 9. The summed E-state index contributed by atoms with van der Waals surface area (Å²) in [6, 6.07) is 18.4. The third-order valence-electron chi connectivity index (χ3n) is 4.85. The molecule has 0 saturated carbocycles. The number of anilines is 1. The monoisotopic (exact) mass is 431 g/mol. The van der Waals surface area contributed by atoms with E-state index in [2.05, 4.69) is 27.8 Å². The van der Waals surface area contributed by atoms with Gasteiger partial charge in [0.2, 0.25) is 0 Å². The maximum atomic E-state index is 12.7. The summed E-state index contributed by atoms with van der Waals surface area (Å²) >= 11 is 0. The molecule has 0 fully saturated rings. The highest BCUT2D eigenvalue weighted by Gasteiger charge is 2.12. The van der Waals surface area contributed by atoms with Crippen LogP contribution in [0.3, 0.4) is 0 Å². The van der Waals surface area contributed by atoms with Gasteiger partial charge < -0.3 is 15.4 Å². The highest BCUT2D eigenvalue weighted by Crippen LogP contribution is 2.16. The van der Waals surface area contributed by atoms with Crippen molar-refractivity contribution in [2.24, 2.45) is 0 Å². The van der Waals surface area contributed by atoms with Crippen molar-refractivity contribution in [1.29, 1.82) is 0 Å². The van der Waals surface area contributed by atoms with Crippen LogP contribution in [0.25, 0.3) is 0 Å². The number of nitrogens with zero attached hydrogens (tertiary/aromatic N) is 1. The Kier molecular flexibility index (Phi) is 7.97. The lowest BCUT2D eigenvalue weighted by molar-refractivity contribution is 0.0937. The summed E-state index contributed by atoms with van der Waals surface area (Å²) in [6.07, 6.45) is 4.92. The molecule has 1 unspecified atom stereocenters. The van der Waals surface area contributed by atoms with Crippen LogP contribution < -0.4 is 15.4 Å². The lowest BCUT2D eigenvalue weighted by Gasteiger charge is -2.15. The van der Waals surface area contributed by atoms with Crippen LogP contribution in [0.4, 0.5) is 5.69 Å². The molecule has 2 amide bonds. The van der Waals surface area contributed by atoms with Crippen LogP contribution in [0.1, 0.15) is 53.5 Å². The summed E-state index contributed by atoms with van der Waals surface area (Å²) in [5.74, 6) is 0.421. The molecule has 32 heavy (non-hydrogen) atoms. The number of aromatic nitrogens is 1. The Bertz CT molecular complexity index is 1030. The summed E-state index contributed by atoms with van der Waals surface area (Å²) in [6.45, 7) is 5.99. The highest BCUT2D eigenvalue weighted by atomic mass is 16.5. The van der Waals surface area contributed by atoms with Gasteiger partial charge in [-0.1, -0.05) is 18.2 Å². The van der Waals surface area contributed by atoms with Crippen molar-refractivity contribution in [2.75, 3.05) is 5.32 Å². The number of nitrogens with one attached hydrogen (secondary N) is 2. The van der Waals surface area contributed by atoms with E-state index in [-0.39, 0.29) is 24.0 Å². The molecule has 1 aromatic heterocycles. The van der Waals surface area contributed by atoms with Gasteiger partial charge in [-0.2, -0.15) is 0 Å². The van der Waals surface area contributed by atoms with E-state index in [0.717, 1.165) is 18.6 Å². The molecule has 1 atom stereocenters. The molecular formula is C26H29N3O3. The molecule has 6 nitrogen and oxygen atoms in total. The maximum absolute atomic E-state index is 12.7. The number of benzene rings is 2.